The van der Waals surface area contributed by atoms with E-state index in [1.807, 2.05) is 0 Å². The molecule has 21 heavy (non-hydrogen) atoms. The van der Waals surface area contributed by atoms with Gasteiger partial charge in [0.05, 0.1) is 11.6 Å². The Hall–Kier alpha value is -1.11. The van der Waals surface area contributed by atoms with Gasteiger partial charge in [0.2, 0.25) is 0 Å². The van der Waals surface area contributed by atoms with Crippen LogP contribution in [0.4, 0.5) is 13.2 Å². The first kappa shape index (κ1) is 16.3. The first-order valence-electron chi connectivity index (χ1n) is 5.97. The highest BCUT2D eigenvalue weighted by molar-refractivity contribution is 9.10. The summed E-state index contributed by atoms with van der Waals surface area (Å²) in [4.78, 5) is 3.81. The molecule has 0 spiro atoms. The maximum atomic E-state index is 13.1. The molecule has 0 aliphatic heterocycles. The van der Waals surface area contributed by atoms with Crippen LogP contribution in [0.5, 0.6) is 0 Å². The van der Waals surface area contributed by atoms with Crippen molar-refractivity contribution in [3.63, 3.8) is 0 Å². The van der Waals surface area contributed by atoms with E-state index in [2.05, 4.69) is 26.2 Å². The second kappa shape index (κ2) is 6.34. The third-order valence-electron chi connectivity index (χ3n) is 2.98. The van der Waals surface area contributed by atoms with Crippen LogP contribution in [0.25, 0.3) is 0 Å². The van der Waals surface area contributed by atoms with Gasteiger partial charge in [0.15, 0.2) is 0 Å². The predicted octanol–water partition coefficient (Wildman–Crippen LogP) is 4.83. The summed E-state index contributed by atoms with van der Waals surface area (Å²) in [5.41, 5.74) is -0.0370. The minimum atomic E-state index is -4.44. The van der Waals surface area contributed by atoms with Crippen LogP contribution in [0.1, 0.15) is 22.7 Å². The van der Waals surface area contributed by atoms with Gasteiger partial charge < -0.3 is 5.32 Å². The number of halogens is 5. The van der Waals surface area contributed by atoms with Crippen LogP contribution in [-0.4, -0.2) is 12.0 Å². The van der Waals surface area contributed by atoms with E-state index < -0.39 is 17.8 Å². The minimum Gasteiger partial charge on any atom is -0.309 e. The molecule has 1 aromatic heterocycles. The number of nitrogens with one attached hydrogen (secondary N) is 1. The van der Waals surface area contributed by atoms with Crippen LogP contribution >= 0.6 is 27.5 Å². The Morgan fingerprint density at radius 2 is 2.00 bits per heavy atom. The molecule has 1 N–H and O–H groups in total. The lowest BCUT2D eigenvalue weighted by Crippen LogP contribution is -2.22. The quantitative estimate of drug-likeness (QED) is 0.826. The average molecular weight is 380 g/mol. The summed E-state index contributed by atoms with van der Waals surface area (Å²) in [5.74, 6) is 0. The zero-order chi connectivity index (χ0) is 15.6. The van der Waals surface area contributed by atoms with Crippen molar-refractivity contribution < 1.29 is 13.2 Å². The first-order valence-corrected chi connectivity index (χ1v) is 7.14. The number of rotatable bonds is 3. The summed E-state index contributed by atoms with van der Waals surface area (Å²) < 4.78 is 40.1. The molecule has 7 heteroatoms. The highest BCUT2D eigenvalue weighted by atomic mass is 79.9. The van der Waals surface area contributed by atoms with Crippen molar-refractivity contribution in [2.75, 3.05) is 7.05 Å². The molecule has 2 aromatic rings. The first-order chi connectivity index (χ1) is 9.82. The smallest absolute Gasteiger partial charge is 0.309 e. The summed E-state index contributed by atoms with van der Waals surface area (Å²) in [6.45, 7) is 0. The number of hydrogen-bond donors (Lipinski definition) is 1. The lowest BCUT2D eigenvalue weighted by atomic mass is 9.96. The molecule has 0 saturated carbocycles. The monoisotopic (exact) mass is 378 g/mol. The van der Waals surface area contributed by atoms with Crippen molar-refractivity contribution >= 4 is 27.5 Å². The molecule has 2 nitrogen and oxygen atoms in total. The Bertz CT molecular complexity index is 626. The van der Waals surface area contributed by atoms with Crippen LogP contribution in [0, 0.1) is 0 Å². The SMILES string of the molecule is CNC(c1cc(Cl)cc(Br)c1)c1cnccc1C(F)(F)F. The number of aromatic nitrogens is 1. The molecule has 112 valence electrons. The van der Waals surface area contributed by atoms with Crippen molar-refractivity contribution in [3.8, 4) is 0 Å². The number of alkyl halides is 3. The Balaban J connectivity index is 2.57. The lowest BCUT2D eigenvalue weighted by molar-refractivity contribution is -0.138. The summed E-state index contributed by atoms with van der Waals surface area (Å²) in [6, 6.07) is 5.33. The molecule has 1 aromatic carbocycles. The molecule has 0 aliphatic rings. The van der Waals surface area contributed by atoms with Crippen LogP contribution < -0.4 is 5.32 Å². The van der Waals surface area contributed by atoms with E-state index in [1.54, 1.807) is 25.2 Å². The van der Waals surface area contributed by atoms with Gasteiger partial charge in [0.1, 0.15) is 0 Å². The second-order valence-electron chi connectivity index (χ2n) is 4.39. The summed E-state index contributed by atoms with van der Waals surface area (Å²) in [5, 5.41) is 3.32. The molecule has 0 fully saturated rings. The predicted molar refractivity (Wildman–Crippen MR) is 79.3 cm³/mol. The summed E-state index contributed by atoms with van der Waals surface area (Å²) in [6.07, 6.45) is -2.09. The van der Waals surface area contributed by atoms with Crippen LogP contribution in [0.15, 0.2) is 41.1 Å². The molecule has 1 unspecified atom stereocenters. The fourth-order valence-electron chi connectivity index (χ4n) is 2.14. The molecule has 0 aliphatic carbocycles. The summed E-state index contributed by atoms with van der Waals surface area (Å²) in [7, 11) is 1.59. The number of hydrogen-bond acceptors (Lipinski definition) is 2. The van der Waals surface area contributed by atoms with E-state index in [-0.39, 0.29) is 5.56 Å². The van der Waals surface area contributed by atoms with Gasteiger partial charge in [-0.25, -0.2) is 0 Å². The third kappa shape index (κ3) is 3.75. The molecule has 0 amide bonds. The topological polar surface area (TPSA) is 24.9 Å². The maximum absolute atomic E-state index is 13.1. The minimum absolute atomic E-state index is 0.0571. The Morgan fingerprint density at radius 1 is 1.29 bits per heavy atom. The van der Waals surface area contributed by atoms with Gasteiger partial charge in [-0.1, -0.05) is 27.5 Å². The Morgan fingerprint density at radius 3 is 2.57 bits per heavy atom. The van der Waals surface area contributed by atoms with Crippen LogP contribution in [0.3, 0.4) is 0 Å². The summed E-state index contributed by atoms with van der Waals surface area (Å²) >= 11 is 9.26. The maximum Gasteiger partial charge on any atom is 0.416 e. The zero-order valence-electron chi connectivity index (χ0n) is 10.9. The molecular weight excluding hydrogens is 369 g/mol. The average Bonchev–Trinajstić information content (AvgIpc) is 2.38. The number of pyridine rings is 1. The second-order valence-corrected chi connectivity index (χ2v) is 5.74. The molecular formula is C14H11BrClF3N2. The van der Waals surface area contributed by atoms with Crippen LogP contribution in [0.2, 0.25) is 5.02 Å². The van der Waals surface area contributed by atoms with E-state index >= 15 is 0 Å². The van der Waals surface area contributed by atoms with Crippen molar-refractivity contribution in [2.45, 2.75) is 12.2 Å². The highest BCUT2D eigenvalue weighted by Crippen LogP contribution is 2.36. The molecule has 1 atom stereocenters. The van der Waals surface area contributed by atoms with E-state index in [1.165, 1.54) is 6.20 Å². The van der Waals surface area contributed by atoms with Gasteiger partial charge >= 0.3 is 6.18 Å². The van der Waals surface area contributed by atoms with Gasteiger partial charge in [0.25, 0.3) is 0 Å². The lowest BCUT2D eigenvalue weighted by Gasteiger charge is -2.21. The van der Waals surface area contributed by atoms with Gasteiger partial charge in [-0.2, -0.15) is 13.2 Å². The highest BCUT2D eigenvalue weighted by Gasteiger charge is 2.35. The van der Waals surface area contributed by atoms with Gasteiger partial charge in [-0.3, -0.25) is 4.98 Å². The van der Waals surface area contributed by atoms with Gasteiger partial charge in [0, 0.05) is 27.5 Å². The van der Waals surface area contributed by atoms with E-state index in [4.69, 9.17) is 11.6 Å². The van der Waals surface area contributed by atoms with Crippen molar-refractivity contribution in [2.24, 2.45) is 0 Å². The van der Waals surface area contributed by atoms with Crippen molar-refractivity contribution in [3.05, 3.63) is 62.8 Å². The Kier molecular flexibility index (Phi) is 4.91. The van der Waals surface area contributed by atoms with E-state index in [9.17, 15) is 13.2 Å². The van der Waals surface area contributed by atoms with Crippen molar-refractivity contribution in [1.29, 1.82) is 0 Å². The molecule has 1 heterocycles. The van der Waals surface area contributed by atoms with Gasteiger partial charge in [-0.15, -0.1) is 0 Å². The van der Waals surface area contributed by atoms with Crippen molar-refractivity contribution in [1.82, 2.24) is 10.3 Å². The fourth-order valence-corrected chi connectivity index (χ4v) is 3.02. The number of benzene rings is 1. The van der Waals surface area contributed by atoms with E-state index in [0.29, 0.717) is 15.1 Å². The standard InChI is InChI=1S/C14H11BrClF3N2/c1-20-13(8-4-9(15)6-10(16)5-8)11-7-21-3-2-12(11)14(17,18)19/h2-7,13,20H,1H3. The van der Waals surface area contributed by atoms with E-state index in [0.717, 1.165) is 12.3 Å². The molecule has 0 bridgehead atoms. The fraction of sp³-hybridized carbons (Fsp3) is 0.214. The number of nitrogens with zero attached hydrogens (tertiary/aromatic N) is 1. The molecule has 2 rings (SSSR count). The molecule has 0 radical (unpaired) electrons. The van der Waals surface area contributed by atoms with Gasteiger partial charge in [-0.05, 0) is 36.9 Å². The van der Waals surface area contributed by atoms with Crippen LogP contribution in [-0.2, 0) is 6.18 Å². The molecule has 0 saturated heterocycles. The Labute approximate surface area is 133 Å². The largest absolute Gasteiger partial charge is 0.416 e. The normalized spacial score (nSPS) is 13.2. The zero-order valence-corrected chi connectivity index (χ0v) is 13.2. The third-order valence-corrected chi connectivity index (χ3v) is 3.65.